The maximum atomic E-state index is 10.7. The molecule has 0 unspecified atom stereocenters. The van der Waals surface area contributed by atoms with Crippen LogP contribution < -0.4 is 0 Å². The molecule has 2 nitrogen and oxygen atoms in total. The molecule has 3 heteroatoms. The monoisotopic (exact) mass is 245 g/mol. The third-order valence-electron chi connectivity index (χ3n) is 2.74. The van der Waals surface area contributed by atoms with Crippen LogP contribution in [-0.4, -0.2) is 11.3 Å². The number of benzene rings is 1. The Morgan fingerprint density at radius 1 is 1.18 bits per heavy atom. The number of nitrogens with zero attached hydrogens (tertiary/aromatic N) is 1. The zero-order chi connectivity index (χ0) is 12.3. The van der Waals surface area contributed by atoms with Crippen molar-refractivity contribution in [1.29, 1.82) is 0 Å². The van der Waals surface area contributed by atoms with Crippen LogP contribution in [0.1, 0.15) is 31.5 Å². The summed E-state index contributed by atoms with van der Waals surface area (Å²) in [6.07, 6.45) is 2.72. The number of aromatic nitrogens is 1. The van der Waals surface area contributed by atoms with Gasteiger partial charge in [0, 0.05) is 11.3 Å². The van der Waals surface area contributed by atoms with Crippen LogP contribution in [-0.2, 0) is 12.8 Å². The minimum absolute atomic E-state index is 0.592. The maximum Gasteiger partial charge on any atom is 0.169 e. The van der Waals surface area contributed by atoms with E-state index in [9.17, 15) is 4.79 Å². The minimum Gasteiger partial charge on any atom is -0.296 e. The highest BCUT2D eigenvalue weighted by atomic mass is 32.1. The topological polar surface area (TPSA) is 30.0 Å². The van der Waals surface area contributed by atoms with Gasteiger partial charge in [-0.15, -0.1) is 11.3 Å². The molecule has 0 amide bonds. The molecule has 0 saturated carbocycles. The quantitative estimate of drug-likeness (QED) is 0.773. The first-order valence-electron chi connectivity index (χ1n) is 5.66. The van der Waals surface area contributed by atoms with Gasteiger partial charge in [0.05, 0.1) is 5.01 Å². The van der Waals surface area contributed by atoms with Crippen molar-refractivity contribution in [3.63, 3.8) is 0 Å². The molecule has 2 rings (SSSR count). The van der Waals surface area contributed by atoms with Gasteiger partial charge in [-0.05, 0) is 25.8 Å². The lowest BCUT2D eigenvalue weighted by atomic mass is 10.1. The smallest absolute Gasteiger partial charge is 0.169 e. The number of aldehydes is 1. The van der Waals surface area contributed by atoms with Crippen molar-refractivity contribution in [1.82, 2.24) is 4.98 Å². The lowest BCUT2D eigenvalue weighted by molar-refractivity contribution is 0.111. The van der Waals surface area contributed by atoms with Crippen molar-refractivity contribution in [3.05, 3.63) is 51.0 Å². The Morgan fingerprint density at radius 3 is 2.47 bits per heavy atom. The molecule has 0 saturated heterocycles. The molecule has 88 valence electrons. The second-order valence-corrected chi connectivity index (χ2v) is 5.44. The fourth-order valence-corrected chi connectivity index (χ4v) is 2.59. The molecule has 0 aliphatic carbocycles. The first-order valence-corrected chi connectivity index (χ1v) is 6.47. The van der Waals surface area contributed by atoms with Crippen LogP contribution in [0.4, 0.5) is 0 Å². The minimum atomic E-state index is 0.592. The SMILES string of the molecule is Cc1ccc(CCc2nc(C=O)c(C)s2)cc1. The summed E-state index contributed by atoms with van der Waals surface area (Å²) in [5, 5.41) is 1.05. The average molecular weight is 245 g/mol. The van der Waals surface area contributed by atoms with Gasteiger partial charge in [-0.1, -0.05) is 29.8 Å². The third-order valence-corrected chi connectivity index (χ3v) is 3.78. The number of hydrogen-bond donors (Lipinski definition) is 0. The normalized spacial score (nSPS) is 10.5. The number of hydrogen-bond acceptors (Lipinski definition) is 3. The summed E-state index contributed by atoms with van der Waals surface area (Å²) in [6, 6.07) is 8.55. The molecular weight excluding hydrogens is 230 g/mol. The zero-order valence-corrected chi connectivity index (χ0v) is 10.9. The van der Waals surface area contributed by atoms with Gasteiger partial charge < -0.3 is 0 Å². The van der Waals surface area contributed by atoms with Crippen LogP contribution >= 0.6 is 11.3 Å². The van der Waals surface area contributed by atoms with Gasteiger partial charge >= 0.3 is 0 Å². The molecule has 1 aromatic carbocycles. The van der Waals surface area contributed by atoms with Crippen LogP contribution in [0.25, 0.3) is 0 Å². The number of thiazole rings is 1. The molecule has 0 N–H and O–H groups in total. The lowest BCUT2D eigenvalue weighted by Gasteiger charge is -1.99. The van der Waals surface area contributed by atoms with E-state index in [1.165, 1.54) is 11.1 Å². The summed E-state index contributed by atoms with van der Waals surface area (Å²) in [5.41, 5.74) is 3.19. The van der Waals surface area contributed by atoms with E-state index in [-0.39, 0.29) is 0 Å². The molecular formula is C14H15NOS. The van der Waals surface area contributed by atoms with Crippen LogP contribution in [0.15, 0.2) is 24.3 Å². The fourth-order valence-electron chi connectivity index (χ4n) is 1.69. The van der Waals surface area contributed by atoms with Crippen molar-refractivity contribution in [3.8, 4) is 0 Å². The second-order valence-electron chi connectivity index (χ2n) is 4.15. The maximum absolute atomic E-state index is 10.7. The van der Waals surface area contributed by atoms with Gasteiger partial charge in [-0.3, -0.25) is 4.79 Å². The van der Waals surface area contributed by atoms with Crippen LogP contribution in [0.5, 0.6) is 0 Å². The van der Waals surface area contributed by atoms with Gasteiger partial charge in [0.25, 0.3) is 0 Å². The Morgan fingerprint density at radius 2 is 1.88 bits per heavy atom. The molecule has 0 radical (unpaired) electrons. The van der Waals surface area contributed by atoms with Gasteiger partial charge in [-0.25, -0.2) is 4.98 Å². The van der Waals surface area contributed by atoms with Crippen LogP contribution in [0.3, 0.4) is 0 Å². The van der Waals surface area contributed by atoms with Gasteiger partial charge in [0.15, 0.2) is 6.29 Å². The first kappa shape index (κ1) is 12.0. The molecule has 0 fully saturated rings. The van der Waals surface area contributed by atoms with Gasteiger partial charge in [-0.2, -0.15) is 0 Å². The molecule has 0 spiro atoms. The number of aryl methyl sites for hydroxylation is 4. The summed E-state index contributed by atoms with van der Waals surface area (Å²) in [6.45, 7) is 4.03. The molecule has 17 heavy (non-hydrogen) atoms. The van der Waals surface area contributed by atoms with Gasteiger partial charge in [0.1, 0.15) is 5.69 Å². The molecule has 2 aromatic rings. The predicted octanol–water partition coefficient (Wildman–Crippen LogP) is 3.36. The predicted molar refractivity (Wildman–Crippen MR) is 70.8 cm³/mol. The van der Waals surface area contributed by atoms with E-state index in [4.69, 9.17) is 0 Å². The molecule has 1 aromatic heterocycles. The van der Waals surface area contributed by atoms with Crippen molar-refractivity contribution in [2.75, 3.05) is 0 Å². The summed E-state index contributed by atoms with van der Waals surface area (Å²) in [7, 11) is 0. The molecule has 1 heterocycles. The van der Waals surface area contributed by atoms with E-state index < -0.39 is 0 Å². The Bertz CT molecular complexity index is 514. The van der Waals surface area contributed by atoms with E-state index in [0.717, 1.165) is 29.0 Å². The average Bonchev–Trinajstić information content (AvgIpc) is 2.69. The number of rotatable bonds is 4. The highest BCUT2D eigenvalue weighted by Crippen LogP contribution is 2.18. The van der Waals surface area contributed by atoms with Crippen molar-refractivity contribution >= 4 is 17.6 Å². The molecule has 0 aliphatic rings. The van der Waals surface area contributed by atoms with Crippen molar-refractivity contribution in [2.24, 2.45) is 0 Å². The van der Waals surface area contributed by atoms with Crippen molar-refractivity contribution in [2.45, 2.75) is 26.7 Å². The summed E-state index contributed by atoms with van der Waals surface area (Å²) in [4.78, 5) is 16.0. The highest BCUT2D eigenvalue weighted by molar-refractivity contribution is 7.11. The summed E-state index contributed by atoms with van der Waals surface area (Å²) in [5.74, 6) is 0. The number of carbonyl (C=O) groups excluding carboxylic acids is 1. The number of carbonyl (C=O) groups is 1. The fraction of sp³-hybridized carbons (Fsp3) is 0.286. The Balaban J connectivity index is 2.02. The van der Waals surface area contributed by atoms with E-state index in [2.05, 4.69) is 36.2 Å². The zero-order valence-electron chi connectivity index (χ0n) is 10.1. The van der Waals surface area contributed by atoms with Crippen molar-refractivity contribution < 1.29 is 4.79 Å². The van der Waals surface area contributed by atoms with E-state index in [0.29, 0.717) is 5.69 Å². The first-order chi connectivity index (χ1) is 8.19. The van der Waals surface area contributed by atoms with E-state index in [1.54, 1.807) is 11.3 Å². The molecule has 0 atom stereocenters. The lowest BCUT2D eigenvalue weighted by Crippen LogP contribution is -1.91. The largest absolute Gasteiger partial charge is 0.296 e. The standard InChI is InChI=1S/C14H15NOS/c1-10-3-5-12(6-4-10)7-8-14-15-13(9-16)11(2)17-14/h3-6,9H,7-8H2,1-2H3. The van der Waals surface area contributed by atoms with Crippen LogP contribution in [0, 0.1) is 13.8 Å². The molecule has 0 aliphatic heterocycles. The summed E-state index contributed by atoms with van der Waals surface area (Å²) < 4.78 is 0. The third kappa shape index (κ3) is 3.01. The van der Waals surface area contributed by atoms with E-state index >= 15 is 0 Å². The highest BCUT2D eigenvalue weighted by Gasteiger charge is 2.06. The molecule has 0 bridgehead atoms. The Hall–Kier alpha value is -1.48. The Kier molecular flexibility index (Phi) is 3.69. The second kappa shape index (κ2) is 5.23. The van der Waals surface area contributed by atoms with E-state index in [1.807, 2.05) is 6.92 Å². The summed E-state index contributed by atoms with van der Waals surface area (Å²) >= 11 is 1.62. The van der Waals surface area contributed by atoms with Crippen LogP contribution in [0.2, 0.25) is 0 Å². The van der Waals surface area contributed by atoms with Gasteiger partial charge in [0.2, 0.25) is 0 Å². The Labute approximate surface area is 105 Å².